The van der Waals surface area contributed by atoms with Gasteiger partial charge in [0, 0.05) is 23.5 Å². The van der Waals surface area contributed by atoms with Crippen LogP contribution in [0.15, 0.2) is 34.6 Å². The van der Waals surface area contributed by atoms with E-state index in [1.807, 2.05) is 18.2 Å². The highest BCUT2D eigenvalue weighted by Crippen LogP contribution is 2.39. The fourth-order valence-corrected chi connectivity index (χ4v) is 3.21. The first kappa shape index (κ1) is 19.9. The molecule has 0 amide bonds. The smallest absolute Gasteiger partial charge is 0.203 e. The quantitative estimate of drug-likeness (QED) is 0.519. The average molecular weight is 378 g/mol. The Morgan fingerprint density at radius 2 is 1.85 bits per heavy atom. The summed E-state index contributed by atoms with van der Waals surface area (Å²) in [4.78, 5) is 5.86. The number of ether oxygens (including phenoxy) is 3. The van der Waals surface area contributed by atoms with Crippen LogP contribution in [0.4, 0.5) is 0 Å². The zero-order valence-corrected chi connectivity index (χ0v) is 16.6. The second-order valence-corrected chi connectivity index (χ2v) is 6.48. The van der Waals surface area contributed by atoms with Gasteiger partial charge in [0.2, 0.25) is 5.75 Å². The molecule has 0 radical (unpaired) electrons. The van der Waals surface area contributed by atoms with Crippen LogP contribution in [0.1, 0.15) is 17.4 Å². The average Bonchev–Trinajstić information content (AvgIpc) is 3.18. The fourth-order valence-electron chi connectivity index (χ4n) is 2.58. The first-order chi connectivity index (χ1) is 12.7. The number of rotatable bonds is 9. The Morgan fingerprint density at radius 3 is 2.46 bits per heavy atom. The van der Waals surface area contributed by atoms with Crippen LogP contribution in [0.5, 0.6) is 17.2 Å². The summed E-state index contributed by atoms with van der Waals surface area (Å²) in [5, 5.41) is 8.70. The first-order valence-electron chi connectivity index (χ1n) is 8.55. The van der Waals surface area contributed by atoms with Crippen molar-refractivity contribution in [1.29, 1.82) is 0 Å². The summed E-state index contributed by atoms with van der Waals surface area (Å²) in [5.41, 5.74) is 1.05. The summed E-state index contributed by atoms with van der Waals surface area (Å²) in [6.07, 6.45) is 0.771. The third-order valence-electron chi connectivity index (χ3n) is 3.79. The SMILES string of the molecule is CCNC(=NCc1cccs1)NCCc1ccc(OC)c(OC)c1OC. The van der Waals surface area contributed by atoms with Gasteiger partial charge >= 0.3 is 0 Å². The lowest BCUT2D eigenvalue weighted by Crippen LogP contribution is -2.38. The van der Waals surface area contributed by atoms with Crippen LogP contribution in [0.3, 0.4) is 0 Å². The number of benzene rings is 1. The first-order valence-corrected chi connectivity index (χ1v) is 9.43. The highest BCUT2D eigenvalue weighted by atomic mass is 32.1. The maximum atomic E-state index is 5.53. The molecule has 2 rings (SSSR count). The van der Waals surface area contributed by atoms with Crippen LogP contribution in [0, 0.1) is 0 Å². The predicted molar refractivity (Wildman–Crippen MR) is 107 cm³/mol. The molecule has 0 saturated carbocycles. The van der Waals surface area contributed by atoms with Crippen molar-refractivity contribution in [2.24, 2.45) is 4.99 Å². The van der Waals surface area contributed by atoms with Gasteiger partial charge in [0.05, 0.1) is 27.9 Å². The largest absolute Gasteiger partial charge is 0.493 e. The number of guanidine groups is 1. The van der Waals surface area contributed by atoms with Gasteiger partial charge in [-0.1, -0.05) is 12.1 Å². The topological polar surface area (TPSA) is 64.1 Å². The minimum Gasteiger partial charge on any atom is -0.493 e. The third kappa shape index (κ3) is 5.29. The lowest BCUT2D eigenvalue weighted by Gasteiger charge is -2.16. The van der Waals surface area contributed by atoms with Crippen LogP contribution < -0.4 is 24.8 Å². The summed E-state index contributed by atoms with van der Waals surface area (Å²) >= 11 is 1.71. The van der Waals surface area contributed by atoms with Gasteiger partial charge in [-0.25, -0.2) is 4.99 Å². The summed E-state index contributed by atoms with van der Waals surface area (Å²) in [6.45, 7) is 4.27. The minimum atomic E-state index is 0.616. The Balaban J connectivity index is 2.01. The Kier molecular flexibility index (Phi) is 8.08. The van der Waals surface area contributed by atoms with Crippen LogP contribution in [-0.4, -0.2) is 40.4 Å². The molecule has 0 aliphatic heterocycles. The second-order valence-electron chi connectivity index (χ2n) is 5.44. The molecule has 0 unspecified atom stereocenters. The van der Waals surface area contributed by atoms with Gasteiger partial charge in [0.1, 0.15) is 0 Å². The summed E-state index contributed by atoms with van der Waals surface area (Å²) in [7, 11) is 4.87. The molecule has 0 saturated heterocycles. The van der Waals surface area contributed by atoms with Crippen LogP contribution in [-0.2, 0) is 13.0 Å². The van der Waals surface area contributed by atoms with E-state index < -0.39 is 0 Å². The predicted octanol–water partition coefficient (Wildman–Crippen LogP) is 3.07. The van der Waals surface area contributed by atoms with Crippen molar-refractivity contribution in [3.63, 3.8) is 0 Å². The van der Waals surface area contributed by atoms with E-state index in [1.54, 1.807) is 32.7 Å². The van der Waals surface area contributed by atoms with Crippen LogP contribution >= 0.6 is 11.3 Å². The summed E-state index contributed by atoms with van der Waals surface area (Å²) in [5.74, 6) is 2.78. The number of thiophene rings is 1. The molecule has 2 N–H and O–H groups in total. The van der Waals surface area contributed by atoms with Gasteiger partial charge in [0.15, 0.2) is 17.5 Å². The third-order valence-corrected chi connectivity index (χ3v) is 4.65. The number of hydrogen-bond donors (Lipinski definition) is 2. The van der Waals surface area contributed by atoms with Gasteiger partial charge < -0.3 is 24.8 Å². The molecule has 0 atom stereocenters. The maximum Gasteiger partial charge on any atom is 0.203 e. The Bertz CT molecular complexity index is 702. The van der Waals surface area contributed by atoms with Gasteiger partial charge in [-0.15, -0.1) is 11.3 Å². The van der Waals surface area contributed by atoms with E-state index in [1.165, 1.54) is 4.88 Å². The van der Waals surface area contributed by atoms with Crippen molar-refractivity contribution in [1.82, 2.24) is 10.6 Å². The molecule has 26 heavy (non-hydrogen) atoms. The Labute approximate surface area is 159 Å². The molecule has 1 heterocycles. The molecule has 1 aromatic heterocycles. The van der Waals surface area contributed by atoms with Crippen molar-refractivity contribution in [2.45, 2.75) is 19.9 Å². The number of methoxy groups -OCH3 is 3. The molecular weight excluding hydrogens is 350 g/mol. The number of aliphatic imine (C=N–C) groups is 1. The monoisotopic (exact) mass is 377 g/mol. The van der Waals surface area contributed by atoms with E-state index >= 15 is 0 Å². The maximum absolute atomic E-state index is 5.53. The molecule has 142 valence electrons. The number of nitrogens with zero attached hydrogens (tertiary/aromatic N) is 1. The van der Waals surface area contributed by atoms with Crippen molar-refractivity contribution in [3.8, 4) is 17.2 Å². The molecule has 0 aliphatic carbocycles. The highest BCUT2D eigenvalue weighted by Gasteiger charge is 2.15. The number of nitrogens with one attached hydrogen (secondary N) is 2. The molecule has 0 aliphatic rings. The van der Waals surface area contributed by atoms with Gasteiger partial charge in [0.25, 0.3) is 0 Å². The second kappa shape index (κ2) is 10.6. The molecule has 1 aromatic carbocycles. The molecule has 7 heteroatoms. The highest BCUT2D eigenvalue weighted by molar-refractivity contribution is 7.09. The normalized spacial score (nSPS) is 11.2. The molecular formula is C19H27N3O3S. The summed E-state index contributed by atoms with van der Waals surface area (Å²) in [6, 6.07) is 8.02. The van der Waals surface area contributed by atoms with E-state index in [2.05, 4.69) is 34.0 Å². The van der Waals surface area contributed by atoms with E-state index in [4.69, 9.17) is 14.2 Å². The van der Waals surface area contributed by atoms with Crippen molar-refractivity contribution < 1.29 is 14.2 Å². The van der Waals surface area contributed by atoms with E-state index in [0.717, 1.165) is 31.0 Å². The Morgan fingerprint density at radius 1 is 1.04 bits per heavy atom. The fraction of sp³-hybridized carbons (Fsp3) is 0.421. The molecule has 6 nitrogen and oxygen atoms in total. The van der Waals surface area contributed by atoms with Crippen molar-refractivity contribution in [3.05, 3.63) is 40.1 Å². The van der Waals surface area contributed by atoms with Crippen molar-refractivity contribution in [2.75, 3.05) is 34.4 Å². The van der Waals surface area contributed by atoms with E-state index in [-0.39, 0.29) is 0 Å². The zero-order chi connectivity index (χ0) is 18.8. The zero-order valence-electron chi connectivity index (χ0n) is 15.8. The van der Waals surface area contributed by atoms with E-state index in [9.17, 15) is 0 Å². The van der Waals surface area contributed by atoms with Gasteiger partial charge in [-0.05, 0) is 30.9 Å². The van der Waals surface area contributed by atoms with Crippen molar-refractivity contribution >= 4 is 17.3 Å². The van der Waals surface area contributed by atoms with Gasteiger partial charge in [-0.3, -0.25) is 0 Å². The van der Waals surface area contributed by atoms with Gasteiger partial charge in [-0.2, -0.15) is 0 Å². The lowest BCUT2D eigenvalue weighted by atomic mass is 10.1. The molecule has 0 bridgehead atoms. The summed E-state index contributed by atoms with van der Waals surface area (Å²) < 4.78 is 16.3. The van der Waals surface area contributed by atoms with E-state index in [0.29, 0.717) is 23.8 Å². The molecule has 0 spiro atoms. The minimum absolute atomic E-state index is 0.616. The van der Waals surface area contributed by atoms with Crippen LogP contribution in [0.2, 0.25) is 0 Å². The lowest BCUT2D eigenvalue weighted by molar-refractivity contribution is 0.322. The Hall–Kier alpha value is -2.41. The molecule has 0 fully saturated rings. The van der Waals surface area contributed by atoms with Crippen LogP contribution in [0.25, 0.3) is 0 Å². The standard InChI is InChI=1S/C19H27N3O3S/c1-5-20-19(22-13-15-7-6-12-26-15)21-11-10-14-8-9-16(23-2)18(25-4)17(14)24-3/h6-9,12H,5,10-11,13H2,1-4H3,(H2,20,21,22). The molecule has 2 aromatic rings. The number of hydrogen-bond acceptors (Lipinski definition) is 5.